The first-order chi connectivity index (χ1) is 12.1. The van der Waals surface area contributed by atoms with Crippen LogP contribution in [0.4, 0.5) is 4.79 Å². The maximum Gasteiger partial charge on any atom is 0.410 e. The van der Waals surface area contributed by atoms with Gasteiger partial charge in [0.2, 0.25) is 0 Å². The lowest BCUT2D eigenvalue weighted by Crippen LogP contribution is -2.42. The molecule has 0 unspecified atom stereocenters. The molecule has 26 heavy (non-hydrogen) atoms. The van der Waals surface area contributed by atoms with Crippen molar-refractivity contribution in [3.8, 4) is 17.2 Å². The molecule has 0 radical (unpaired) electrons. The van der Waals surface area contributed by atoms with Gasteiger partial charge in [-0.3, -0.25) is 0 Å². The quantitative estimate of drug-likeness (QED) is 0.591. The van der Waals surface area contributed by atoms with Crippen molar-refractivity contribution in [1.29, 1.82) is 0 Å². The van der Waals surface area contributed by atoms with Gasteiger partial charge in [0.1, 0.15) is 20.3 Å². The normalized spacial score (nSPS) is 17.5. The number of nitrogens with zero attached hydrogens (tertiary/aromatic N) is 2. The van der Waals surface area contributed by atoms with E-state index >= 15 is 0 Å². The van der Waals surface area contributed by atoms with Crippen molar-refractivity contribution in [2.24, 2.45) is 0 Å². The Morgan fingerprint density at radius 2 is 2.12 bits per heavy atom. The fourth-order valence-corrected chi connectivity index (χ4v) is 3.10. The SMILES string of the molecule is CC(C)(C)OC(=O)N1CCC[C@H]1COc1cccnc1C#C[Si](C)(C)C. The van der Waals surface area contributed by atoms with Gasteiger partial charge in [0.25, 0.3) is 0 Å². The van der Waals surface area contributed by atoms with Gasteiger partial charge in [0.15, 0.2) is 11.4 Å². The van der Waals surface area contributed by atoms with Gasteiger partial charge in [-0.05, 0) is 45.7 Å². The highest BCUT2D eigenvalue weighted by Gasteiger charge is 2.32. The van der Waals surface area contributed by atoms with Gasteiger partial charge in [0.05, 0.1) is 6.04 Å². The summed E-state index contributed by atoms with van der Waals surface area (Å²) in [6.07, 6.45) is 3.33. The number of hydrogen-bond donors (Lipinski definition) is 0. The summed E-state index contributed by atoms with van der Waals surface area (Å²) in [5.41, 5.74) is 3.49. The van der Waals surface area contributed by atoms with E-state index in [1.54, 1.807) is 11.1 Å². The average Bonchev–Trinajstić information content (AvgIpc) is 2.98. The maximum absolute atomic E-state index is 12.4. The van der Waals surface area contributed by atoms with E-state index in [9.17, 15) is 4.79 Å². The molecule has 1 aromatic rings. The zero-order chi connectivity index (χ0) is 19.4. The second-order valence-electron chi connectivity index (χ2n) is 8.63. The summed E-state index contributed by atoms with van der Waals surface area (Å²) in [6.45, 7) is 13.4. The Balaban J connectivity index is 2.04. The summed E-state index contributed by atoms with van der Waals surface area (Å²) in [4.78, 5) is 18.5. The van der Waals surface area contributed by atoms with Crippen molar-refractivity contribution in [1.82, 2.24) is 9.88 Å². The molecule has 1 atom stereocenters. The minimum Gasteiger partial charge on any atom is -0.488 e. The van der Waals surface area contributed by atoms with Crippen LogP contribution >= 0.6 is 0 Å². The minimum atomic E-state index is -1.49. The standard InChI is InChI=1S/C20H30N2O3Si/c1-20(2,3)25-19(23)22-13-8-9-16(22)15-24-18-10-7-12-21-17(18)11-14-26(4,5)6/h7,10,12,16H,8-9,13,15H2,1-6H3/t16-/m0/s1. The molecule has 2 heterocycles. The summed E-state index contributed by atoms with van der Waals surface area (Å²) in [5, 5.41) is 0. The van der Waals surface area contributed by atoms with Crippen LogP contribution in [0.2, 0.25) is 19.6 Å². The van der Waals surface area contributed by atoms with E-state index < -0.39 is 13.7 Å². The average molecular weight is 375 g/mol. The summed E-state index contributed by atoms with van der Waals surface area (Å²) < 4.78 is 11.5. The molecule has 2 rings (SSSR count). The summed E-state index contributed by atoms with van der Waals surface area (Å²) in [6, 6.07) is 3.74. The topological polar surface area (TPSA) is 51.7 Å². The van der Waals surface area contributed by atoms with Gasteiger partial charge in [-0.1, -0.05) is 25.6 Å². The van der Waals surface area contributed by atoms with Crippen molar-refractivity contribution in [2.45, 2.75) is 64.9 Å². The van der Waals surface area contributed by atoms with Crippen LogP contribution in [0, 0.1) is 11.5 Å². The Morgan fingerprint density at radius 1 is 1.38 bits per heavy atom. The third-order valence-electron chi connectivity index (χ3n) is 3.76. The van der Waals surface area contributed by atoms with Gasteiger partial charge >= 0.3 is 6.09 Å². The molecular formula is C20H30N2O3Si. The van der Waals surface area contributed by atoms with Crippen molar-refractivity contribution < 1.29 is 14.3 Å². The zero-order valence-electron chi connectivity index (χ0n) is 16.8. The molecule has 1 amide bonds. The van der Waals surface area contributed by atoms with Gasteiger partial charge in [0, 0.05) is 12.7 Å². The first kappa shape index (κ1) is 20.3. The fourth-order valence-electron chi connectivity index (χ4n) is 2.60. The third kappa shape index (κ3) is 6.38. The van der Waals surface area contributed by atoms with Crippen LogP contribution in [0.25, 0.3) is 0 Å². The van der Waals surface area contributed by atoms with Crippen molar-refractivity contribution in [2.75, 3.05) is 13.2 Å². The maximum atomic E-state index is 12.4. The molecule has 0 spiro atoms. The molecule has 1 aromatic heterocycles. The molecule has 0 aromatic carbocycles. The van der Waals surface area contributed by atoms with Crippen molar-refractivity contribution >= 4 is 14.2 Å². The van der Waals surface area contributed by atoms with Crippen LogP contribution in [0.1, 0.15) is 39.3 Å². The number of hydrogen-bond acceptors (Lipinski definition) is 4. The van der Waals surface area contributed by atoms with Crippen LogP contribution in [0.5, 0.6) is 5.75 Å². The Hall–Kier alpha value is -2.00. The number of aromatic nitrogens is 1. The van der Waals surface area contributed by atoms with Crippen molar-refractivity contribution in [3.63, 3.8) is 0 Å². The predicted octanol–water partition coefficient (Wildman–Crippen LogP) is 4.09. The highest BCUT2D eigenvalue weighted by atomic mass is 28.3. The van der Waals surface area contributed by atoms with Gasteiger partial charge < -0.3 is 14.4 Å². The molecule has 0 N–H and O–H groups in total. The summed E-state index contributed by atoms with van der Waals surface area (Å²) in [7, 11) is -1.49. The Kier molecular flexibility index (Phi) is 6.35. The second-order valence-corrected chi connectivity index (χ2v) is 13.4. The molecule has 1 aliphatic rings. The highest BCUT2D eigenvalue weighted by molar-refractivity contribution is 6.83. The van der Waals surface area contributed by atoms with E-state index in [1.807, 2.05) is 32.9 Å². The fraction of sp³-hybridized carbons (Fsp3) is 0.600. The molecule has 5 nitrogen and oxygen atoms in total. The van der Waals surface area contributed by atoms with Crippen LogP contribution in [-0.4, -0.2) is 48.8 Å². The molecule has 142 valence electrons. The van der Waals surface area contributed by atoms with E-state index in [-0.39, 0.29) is 12.1 Å². The lowest BCUT2D eigenvalue weighted by molar-refractivity contribution is 0.0187. The number of carbonyl (C=O) groups is 1. The van der Waals surface area contributed by atoms with Crippen LogP contribution in [0.3, 0.4) is 0 Å². The number of pyridine rings is 1. The smallest absolute Gasteiger partial charge is 0.410 e. The molecule has 0 bridgehead atoms. The molecule has 1 aliphatic heterocycles. The third-order valence-corrected chi connectivity index (χ3v) is 4.64. The molecular weight excluding hydrogens is 344 g/mol. The van der Waals surface area contributed by atoms with Crippen LogP contribution in [-0.2, 0) is 4.74 Å². The molecule has 0 aliphatic carbocycles. The highest BCUT2D eigenvalue weighted by Crippen LogP contribution is 2.23. The van der Waals surface area contributed by atoms with E-state index in [4.69, 9.17) is 9.47 Å². The van der Waals surface area contributed by atoms with E-state index in [2.05, 4.69) is 36.1 Å². The minimum absolute atomic E-state index is 0.0165. The number of likely N-dealkylation sites (tertiary alicyclic amines) is 1. The van der Waals surface area contributed by atoms with Gasteiger partial charge in [-0.15, -0.1) is 5.54 Å². The van der Waals surface area contributed by atoms with Crippen molar-refractivity contribution in [3.05, 3.63) is 24.0 Å². The monoisotopic (exact) mass is 374 g/mol. The zero-order valence-corrected chi connectivity index (χ0v) is 17.8. The van der Waals surface area contributed by atoms with Gasteiger partial charge in [-0.25, -0.2) is 9.78 Å². The number of ether oxygens (including phenoxy) is 2. The molecule has 0 saturated carbocycles. The van der Waals surface area contributed by atoms with Crippen LogP contribution in [0.15, 0.2) is 18.3 Å². The van der Waals surface area contributed by atoms with E-state index in [0.717, 1.165) is 12.8 Å². The Labute approximate surface area is 158 Å². The van der Waals surface area contributed by atoms with Gasteiger partial charge in [-0.2, -0.15) is 0 Å². The van der Waals surface area contributed by atoms with E-state index in [0.29, 0.717) is 24.6 Å². The number of rotatable bonds is 3. The first-order valence-electron chi connectivity index (χ1n) is 9.16. The largest absolute Gasteiger partial charge is 0.488 e. The number of carbonyl (C=O) groups excluding carboxylic acids is 1. The lowest BCUT2D eigenvalue weighted by atomic mass is 10.2. The summed E-state index contributed by atoms with van der Waals surface area (Å²) in [5.74, 6) is 3.84. The number of amides is 1. The molecule has 1 fully saturated rings. The second kappa shape index (κ2) is 8.13. The lowest BCUT2D eigenvalue weighted by Gasteiger charge is -2.28. The van der Waals surface area contributed by atoms with E-state index in [1.165, 1.54) is 0 Å². The molecule has 6 heteroatoms. The Morgan fingerprint density at radius 3 is 2.77 bits per heavy atom. The molecule has 1 saturated heterocycles. The predicted molar refractivity (Wildman–Crippen MR) is 106 cm³/mol. The van der Waals surface area contributed by atoms with Crippen LogP contribution < -0.4 is 4.74 Å². The summed E-state index contributed by atoms with van der Waals surface area (Å²) >= 11 is 0. The Bertz CT molecular complexity index is 695. The first-order valence-corrected chi connectivity index (χ1v) is 12.7.